The first-order valence-corrected chi connectivity index (χ1v) is 5.86. The Morgan fingerprint density at radius 1 is 0.929 bits per heavy atom. The lowest BCUT2D eigenvalue weighted by atomic mass is 9.86. The minimum absolute atomic E-state index is 0.809. The van der Waals surface area contributed by atoms with Crippen LogP contribution in [-0.2, 0) is 0 Å². The summed E-state index contributed by atoms with van der Waals surface area (Å²) in [6, 6.07) is 11.1. The van der Waals surface area contributed by atoms with Crippen molar-refractivity contribution < 1.29 is 0 Å². The van der Waals surface area contributed by atoms with Crippen LogP contribution in [0.5, 0.6) is 0 Å². The molecule has 1 unspecified atom stereocenters. The lowest BCUT2D eigenvalue weighted by Crippen LogP contribution is -2.05. The van der Waals surface area contributed by atoms with Gasteiger partial charge in [-0.25, -0.2) is 0 Å². The molecule has 0 aromatic heterocycles. The van der Waals surface area contributed by atoms with E-state index in [2.05, 4.69) is 30.3 Å². The second-order valence-electron chi connectivity index (χ2n) is 4.70. The number of hydrogen-bond donors (Lipinski definition) is 0. The first-order valence-electron chi connectivity index (χ1n) is 5.86. The van der Waals surface area contributed by atoms with Crippen molar-refractivity contribution in [2.75, 3.05) is 0 Å². The SMILES string of the molecule is c1ccc(C2CCC[C]2C2CC2)cc1. The van der Waals surface area contributed by atoms with E-state index in [1.165, 1.54) is 32.1 Å². The summed E-state index contributed by atoms with van der Waals surface area (Å²) in [7, 11) is 0. The van der Waals surface area contributed by atoms with Crippen molar-refractivity contribution in [1.29, 1.82) is 0 Å². The summed E-state index contributed by atoms with van der Waals surface area (Å²) in [5.41, 5.74) is 1.56. The molecule has 73 valence electrons. The van der Waals surface area contributed by atoms with E-state index >= 15 is 0 Å². The number of benzene rings is 1. The summed E-state index contributed by atoms with van der Waals surface area (Å²) in [6.07, 6.45) is 7.17. The van der Waals surface area contributed by atoms with Crippen molar-refractivity contribution in [1.82, 2.24) is 0 Å². The molecule has 0 heteroatoms. The fraction of sp³-hybridized carbons (Fsp3) is 0.500. The van der Waals surface area contributed by atoms with E-state index < -0.39 is 0 Å². The van der Waals surface area contributed by atoms with Crippen LogP contribution in [0.15, 0.2) is 30.3 Å². The summed E-state index contributed by atoms with van der Waals surface area (Å²) in [5, 5.41) is 0. The molecule has 0 aliphatic heterocycles. The molecule has 3 rings (SSSR count). The van der Waals surface area contributed by atoms with E-state index in [-0.39, 0.29) is 0 Å². The van der Waals surface area contributed by atoms with Crippen molar-refractivity contribution in [2.24, 2.45) is 5.92 Å². The van der Waals surface area contributed by atoms with Gasteiger partial charge in [-0.15, -0.1) is 0 Å². The Kier molecular flexibility index (Phi) is 2.08. The topological polar surface area (TPSA) is 0 Å². The smallest absolute Gasteiger partial charge is 0.00970 e. The lowest BCUT2D eigenvalue weighted by Gasteiger charge is -2.18. The molecule has 2 aliphatic rings. The van der Waals surface area contributed by atoms with Gasteiger partial charge >= 0.3 is 0 Å². The second kappa shape index (κ2) is 3.42. The zero-order valence-electron chi connectivity index (χ0n) is 8.58. The monoisotopic (exact) mass is 185 g/mol. The molecule has 0 N–H and O–H groups in total. The predicted molar refractivity (Wildman–Crippen MR) is 59.0 cm³/mol. The standard InChI is InChI=1S/C14H17/c1-2-5-11(6-3-1)13-7-4-8-14(13)12-9-10-12/h1-3,5-6,12-13H,4,7-10H2. The Hall–Kier alpha value is -0.780. The largest absolute Gasteiger partial charge is 0.0622 e. The molecule has 2 saturated carbocycles. The molecule has 0 spiro atoms. The van der Waals surface area contributed by atoms with Crippen LogP contribution < -0.4 is 0 Å². The van der Waals surface area contributed by atoms with E-state index in [0.717, 1.165) is 11.8 Å². The molecule has 1 aromatic carbocycles. The van der Waals surface area contributed by atoms with Gasteiger partial charge in [0.25, 0.3) is 0 Å². The van der Waals surface area contributed by atoms with Gasteiger partial charge in [0, 0.05) is 0 Å². The Labute approximate surface area is 86.3 Å². The molecule has 0 heterocycles. The molecule has 14 heavy (non-hydrogen) atoms. The van der Waals surface area contributed by atoms with Crippen molar-refractivity contribution in [3.8, 4) is 0 Å². The molecular formula is C14H17. The summed E-state index contributed by atoms with van der Waals surface area (Å²) in [4.78, 5) is 0. The number of hydrogen-bond acceptors (Lipinski definition) is 0. The van der Waals surface area contributed by atoms with E-state index in [9.17, 15) is 0 Å². The Balaban J connectivity index is 1.83. The maximum atomic E-state index is 2.30. The van der Waals surface area contributed by atoms with E-state index in [1.54, 1.807) is 5.56 Å². The van der Waals surface area contributed by atoms with Crippen LogP contribution in [-0.4, -0.2) is 0 Å². The first-order chi connectivity index (χ1) is 6.95. The first kappa shape index (κ1) is 8.52. The van der Waals surface area contributed by atoms with Crippen LogP contribution in [0, 0.1) is 11.8 Å². The minimum Gasteiger partial charge on any atom is -0.0622 e. The fourth-order valence-electron chi connectivity index (χ4n) is 2.88. The van der Waals surface area contributed by atoms with Crippen LogP contribution in [0.2, 0.25) is 0 Å². The molecule has 0 saturated heterocycles. The van der Waals surface area contributed by atoms with Gasteiger partial charge in [-0.1, -0.05) is 36.8 Å². The van der Waals surface area contributed by atoms with Crippen molar-refractivity contribution >= 4 is 0 Å². The van der Waals surface area contributed by atoms with E-state index in [0.29, 0.717) is 0 Å². The van der Waals surface area contributed by atoms with Gasteiger partial charge in [0.05, 0.1) is 0 Å². The Morgan fingerprint density at radius 3 is 2.43 bits per heavy atom. The van der Waals surface area contributed by atoms with Gasteiger partial charge in [0.2, 0.25) is 0 Å². The van der Waals surface area contributed by atoms with Gasteiger partial charge in [0.15, 0.2) is 0 Å². The fourth-order valence-corrected chi connectivity index (χ4v) is 2.88. The van der Waals surface area contributed by atoms with E-state index in [1.807, 2.05) is 5.92 Å². The molecule has 0 amide bonds. The normalized spacial score (nSPS) is 28.1. The zero-order valence-corrected chi connectivity index (χ0v) is 8.58. The highest BCUT2D eigenvalue weighted by atomic mass is 14.4. The predicted octanol–water partition coefficient (Wildman–Crippen LogP) is 3.94. The highest BCUT2D eigenvalue weighted by Gasteiger charge is 2.40. The summed E-state index contributed by atoms with van der Waals surface area (Å²) < 4.78 is 0. The van der Waals surface area contributed by atoms with Gasteiger partial charge < -0.3 is 0 Å². The maximum Gasteiger partial charge on any atom is -0.00970 e. The van der Waals surface area contributed by atoms with Gasteiger partial charge in [-0.3, -0.25) is 0 Å². The van der Waals surface area contributed by atoms with Gasteiger partial charge in [0.1, 0.15) is 0 Å². The molecule has 0 bridgehead atoms. The summed E-state index contributed by atoms with van der Waals surface area (Å²) in [6.45, 7) is 0. The molecular weight excluding hydrogens is 168 g/mol. The van der Waals surface area contributed by atoms with Crippen LogP contribution in [0.3, 0.4) is 0 Å². The van der Waals surface area contributed by atoms with Crippen molar-refractivity contribution in [3.05, 3.63) is 41.8 Å². The molecule has 1 radical (unpaired) electrons. The lowest BCUT2D eigenvalue weighted by molar-refractivity contribution is 0.671. The van der Waals surface area contributed by atoms with Crippen LogP contribution in [0.1, 0.15) is 43.6 Å². The van der Waals surface area contributed by atoms with Crippen LogP contribution in [0.25, 0.3) is 0 Å². The Bertz CT molecular complexity index is 297. The number of rotatable bonds is 2. The summed E-state index contributed by atoms with van der Waals surface area (Å²) >= 11 is 0. The maximum absolute atomic E-state index is 2.30. The average Bonchev–Trinajstić information content (AvgIpc) is 2.98. The molecule has 2 aliphatic carbocycles. The molecule has 1 aromatic rings. The second-order valence-corrected chi connectivity index (χ2v) is 4.70. The molecule has 2 fully saturated rings. The summed E-state index contributed by atoms with van der Waals surface area (Å²) in [5.74, 6) is 3.68. The third-order valence-corrected chi connectivity index (χ3v) is 3.71. The third kappa shape index (κ3) is 1.47. The highest BCUT2D eigenvalue weighted by Crippen LogP contribution is 2.53. The molecule has 0 nitrogen and oxygen atoms in total. The average molecular weight is 185 g/mol. The Morgan fingerprint density at radius 2 is 1.71 bits per heavy atom. The zero-order chi connectivity index (χ0) is 9.38. The quantitative estimate of drug-likeness (QED) is 0.654. The van der Waals surface area contributed by atoms with Crippen molar-refractivity contribution in [2.45, 2.75) is 38.0 Å². The highest BCUT2D eigenvalue weighted by molar-refractivity contribution is 5.30. The van der Waals surface area contributed by atoms with Crippen LogP contribution in [0.4, 0.5) is 0 Å². The van der Waals surface area contributed by atoms with Crippen LogP contribution >= 0.6 is 0 Å². The van der Waals surface area contributed by atoms with E-state index in [4.69, 9.17) is 0 Å². The van der Waals surface area contributed by atoms with Gasteiger partial charge in [-0.05, 0) is 49.0 Å². The molecule has 1 atom stereocenters. The van der Waals surface area contributed by atoms with Crippen molar-refractivity contribution in [3.63, 3.8) is 0 Å². The van der Waals surface area contributed by atoms with Gasteiger partial charge in [-0.2, -0.15) is 0 Å². The third-order valence-electron chi connectivity index (χ3n) is 3.71. The minimum atomic E-state index is 0.809.